The predicted octanol–water partition coefficient (Wildman–Crippen LogP) is 4.28. The van der Waals surface area contributed by atoms with E-state index in [4.69, 9.17) is 5.41 Å². The first kappa shape index (κ1) is 17.7. The van der Waals surface area contributed by atoms with Crippen LogP contribution in [-0.2, 0) is 9.59 Å². The van der Waals surface area contributed by atoms with E-state index in [0.717, 1.165) is 0 Å². The second-order valence-corrected chi connectivity index (χ2v) is 8.74. The largest absolute Gasteiger partial charge is 0.413 e. The highest BCUT2D eigenvalue weighted by atomic mass is 19.4. The van der Waals surface area contributed by atoms with Gasteiger partial charge in [0.05, 0.1) is 5.71 Å². The van der Waals surface area contributed by atoms with Crippen molar-refractivity contribution in [1.29, 1.82) is 5.41 Å². The summed E-state index contributed by atoms with van der Waals surface area (Å²) in [6.07, 6.45) is 1.93. The van der Waals surface area contributed by atoms with Crippen molar-refractivity contribution in [2.24, 2.45) is 34.5 Å². The Labute approximate surface area is 150 Å². The molecule has 1 N–H and O–H groups in total. The number of fused-ring (bicyclic) bond motifs is 5. The Bertz CT molecular complexity index is 780. The number of Topliss-reactive ketones (excluding diaryl/α,β-unsaturated/α-hetero) is 1. The molecule has 2 saturated carbocycles. The van der Waals surface area contributed by atoms with Gasteiger partial charge in [-0.1, -0.05) is 26.0 Å². The van der Waals surface area contributed by atoms with Crippen molar-refractivity contribution in [3.8, 4) is 0 Å². The van der Waals surface area contributed by atoms with Gasteiger partial charge in [-0.05, 0) is 43.1 Å². The maximum Gasteiger partial charge on any atom is 0.413 e. The molecule has 140 valence electrons. The van der Waals surface area contributed by atoms with Crippen LogP contribution >= 0.6 is 0 Å². The molecule has 0 aromatic rings. The molecule has 0 aromatic heterocycles. The average molecular weight is 365 g/mol. The zero-order valence-corrected chi connectivity index (χ0v) is 14.8. The maximum absolute atomic E-state index is 13.9. The number of nitrogens with one attached hydrogen (secondary N) is 1. The summed E-state index contributed by atoms with van der Waals surface area (Å²) >= 11 is 0. The monoisotopic (exact) mass is 365 g/mol. The third-order valence-electron chi connectivity index (χ3n) is 7.62. The van der Waals surface area contributed by atoms with Gasteiger partial charge in [0.1, 0.15) is 5.78 Å². The molecule has 0 aliphatic heterocycles. The van der Waals surface area contributed by atoms with Crippen molar-refractivity contribution in [3.63, 3.8) is 0 Å². The quantitative estimate of drug-likeness (QED) is 0.652. The third kappa shape index (κ3) is 2.10. The van der Waals surface area contributed by atoms with Crippen LogP contribution in [0.3, 0.4) is 0 Å². The lowest BCUT2D eigenvalue weighted by Gasteiger charge is -2.56. The van der Waals surface area contributed by atoms with Crippen LogP contribution in [0, 0.1) is 39.9 Å². The summed E-state index contributed by atoms with van der Waals surface area (Å²) in [5, 5.41) is 8.08. The lowest BCUT2D eigenvalue weighted by molar-refractivity contribution is -0.132. The van der Waals surface area contributed by atoms with Crippen LogP contribution in [0.25, 0.3) is 0 Å². The number of carbonyl (C=O) groups is 2. The first-order valence-electron chi connectivity index (χ1n) is 9.14. The highest BCUT2D eigenvalue weighted by Gasteiger charge is 2.63. The molecule has 6 atom stereocenters. The molecule has 2 fully saturated rings. The molecule has 0 aromatic carbocycles. The number of hydrogen-bond donors (Lipinski definition) is 1. The SMILES string of the molecule is C[C@]12C=CC(=O)C(=N)C1C(C(F)(F)F)=CC1C2CC[C@]2(C)C(=O)CCC12. The Morgan fingerprint density at radius 1 is 1.15 bits per heavy atom. The van der Waals surface area contributed by atoms with E-state index in [1.807, 2.05) is 6.92 Å². The molecule has 3 nitrogen and oxygen atoms in total. The van der Waals surface area contributed by atoms with Crippen molar-refractivity contribution in [3.05, 3.63) is 23.8 Å². The van der Waals surface area contributed by atoms with Gasteiger partial charge in [-0.25, -0.2) is 0 Å². The van der Waals surface area contributed by atoms with E-state index >= 15 is 0 Å². The Morgan fingerprint density at radius 3 is 2.50 bits per heavy atom. The van der Waals surface area contributed by atoms with Crippen LogP contribution in [0.4, 0.5) is 13.2 Å². The van der Waals surface area contributed by atoms with Crippen LogP contribution in [0.15, 0.2) is 23.8 Å². The van der Waals surface area contributed by atoms with E-state index in [2.05, 4.69) is 0 Å². The fourth-order valence-corrected chi connectivity index (χ4v) is 6.21. The van der Waals surface area contributed by atoms with Crippen LogP contribution in [0.5, 0.6) is 0 Å². The second kappa shape index (κ2) is 5.17. The molecule has 4 rings (SSSR count). The van der Waals surface area contributed by atoms with Gasteiger partial charge in [0.15, 0.2) is 5.78 Å². The molecule has 0 amide bonds. The van der Waals surface area contributed by atoms with Gasteiger partial charge in [-0.2, -0.15) is 13.2 Å². The number of halogens is 3. The third-order valence-corrected chi connectivity index (χ3v) is 7.62. The van der Waals surface area contributed by atoms with Crippen molar-refractivity contribution in [1.82, 2.24) is 0 Å². The lowest BCUT2D eigenvalue weighted by Crippen LogP contribution is -2.55. The van der Waals surface area contributed by atoms with Crippen molar-refractivity contribution >= 4 is 17.3 Å². The fourth-order valence-electron chi connectivity index (χ4n) is 6.21. The molecular weight excluding hydrogens is 343 g/mol. The highest BCUT2D eigenvalue weighted by Crippen LogP contribution is 2.64. The highest BCUT2D eigenvalue weighted by molar-refractivity contribution is 6.45. The Hall–Kier alpha value is -1.72. The van der Waals surface area contributed by atoms with Gasteiger partial charge in [0.25, 0.3) is 0 Å². The predicted molar refractivity (Wildman–Crippen MR) is 89.7 cm³/mol. The standard InChI is InChI=1S/C20H22F3NO2/c1-18-7-5-12-10(11(18)3-4-15(18)26)9-13(20(21,22)23)16-17(24)14(25)6-8-19(12,16)2/h6,8-12,16,24H,3-5,7H2,1-2H3/t10?,11?,12?,16?,18-,19+/m0/s1. The molecule has 0 bridgehead atoms. The number of carbonyl (C=O) groups excluding carboxylic acids is 2. The van der Waals surface area contributed by atoms with Gasteiger partial charge < -0.3 is 5.41 Å². The van der Waals surface area contributed by atoms with Crippen LogP contribution < -0.4 is 0 Å². The van der Waals surface area contributed by atoms with Crippen LogP contribution in [0.2, 0.25) is 0 Å². The molecular formula is C20H22F3NO2. The molecule has 0 heterocycles. The fraction of sp³-hybridized carbons (Fsp3) is 0.650. The van der Waals surface area contributed by atoms with E-state index in [9.17, 15) is 22.8 Å². The lowest BCUT2D eigenvalue weighted by atomic mass is 9.47. The summed E-state index contributed by atoms with van der Waals surface area (Å²) in [4.78, 5) is 24.4. The summed E-state index contributed by atoms with van der Waals surface area (Å²) in [6, 6.07) is 0. The number of hydrogen-bond acceptors (Lipinski definition) is 3. The zero-order chi connectivity index (χ0) is 19.1. The van der Waals surface area contributed by atoms with Crippen molar-refractivity contribution in [2.45, 2.75) is 45.7 Å². The second-order valence-electron chi connectivity index (χ2n) is 8.74. The van der Waals surface area contributed by atoms with Crippen molar-refractivity contribution in [2.75, 3.05) is 0 Å². The molecule has 0 spiro atoms. The van der Waals surface area contributed by atoms with Gasteiger partial charge in [-0.3, -0.25) is 9.59 Å². The minimum atomic E-state index is -4.59. The van der Waals surface area contributed by atoms with E-state index in [-0.39, 0.29) is 23.5 Å². The molecule has 4 aliphatic carbocycles. The molecule has 0 radical (unpaired) electrons. The molecule has 4 unspecified atom stereocenters. The van der Waals surface area contributed by atoms with Gasteiger partial charge in [0, 0.05) is 28.7 Å². The van der Waals surface area contributed by atoms with E-state index in [1.54, 1.807) is 13.0 Å². The Morgan fingerprint density at radius 2 is 1.85 bits per heavy atom. The Balaban J connectivity index is 1.90. The van der Waals surface area contributed by atoms with Gasteiger partial charge in [-0.15, -0.1) is 0 Å². The summed E-state index contributed by atoms with van der Waals surface area (Å²) in [6.45, 7) is 3.66. The maximum atomic E-state index is 13.9. The van der Waals surface area contributed by atoms with E-state index < -0.39 is 40.0 Å². The minimum Gasteiger partial charge on any atom is -0.301 e. The summed E-state index contributed by atoms with van der Waals surface area (Å²) in [5.41, 5.74) is -2.69. The summed E-state index contributed by atoms with van der Waals surface area (Å²) in [5.74, 6) is -2.25. The summed E-state index contributed by atoms with van der Waals surface area (Å²) < 4.78 is 41.7. The Kier molecular flexibility index (Phi) is 3.52. The topological polar surface area (TPSA) is 58.0 Å². The van der Waals surface area contributed by atoms with E-state index in [0.29, 0.717) is 25.7 Å². The first-order chi connectivity index (χ1) is 12.0. The number of allylic oxidation sites excluding steroid dienone is 4. The van der Waals surface area contributed by atoms with E-state index in [1.165, 1.54) is 12.2 Å². The number of ketones is 2. The minimum absolute atomic E-state index is 0.0905. The van der Waals surface area contributed by atoms with Crippen molar-refractivity contribution < 1.29 is 22.8 Å². The van der Waals surface area contributed by atoms with Gasteiger partial charge >= 0.3 is 6.18 Å². The number of rotatable bonds is 0. The average Bonchev–Trinajstić information content (AvgIpc) is 2.85. The molecule has 6 heteroatoms. The first-order valence-corrected chi connectivity index (χ1v) is 9.14. The normalized spacial score (nSPS) is 45.1. The summed E-state index contributed by atoms with van der Waals surface area (Å²) in [7, 11) is 0. The van der Waals surface area contributed by atoms with Gasteiger partial charge in [0.2, 0.25) is 0 Å². The smallest absolute Gasteiger partial charge is 0.301 e. The van der Waals surface area contributed by atoms with Crippen LogP contribution in [-0.4, -0.2) is 23.5 Å². The molecule has 26 heavy (non-hydrogen) atoms. The number of alkyl halides is 3. The molecule has 0 saturated heterocycles. The zero-order valence-electron chi connectivity index (χ0n) is 14.8. The van der Waals surface area contributed by atoms with Crippen LogP contribution in [0.1, 0.15) is 39.5 Å². The molecule has 4 aliphatic rings.